The van der Waals surface area contributed by atoms with Crippen molar-refractivity contribution in [3.05, 3.63) is 65.7 Å². The third-order valence-electron chi connectivity index (χ3n) is 5.71. The minimum Gasteiger partial charge on any atom is -0.444 e. The highest BCUT2D eigenvalue weighted by Gasteiger charge is 2.50. The second kappa shape index (κ2) is 10.4. The van der Waals surface area contributed by atoms with E-state index in [9.17, 15) is 26.8 Å². The van der Waals surface area contributed by atoms with Crippen LogP contribution in [0.4, 0.5) is 19.3 Å². The number of amidine groups is 1. The van der Waals surface area contributed by atoms with Gasteiger partial charge in [0, 0.05) is 17.7 Å². The molecule has 2 amide bonds. The average Bonchev–Trinajstić information content (AvgIpc) is 3.24. The highest BCUT2D eigenvalue weighted by Crippen LogP contribution is 2.41. The lowest BCUT2D eigenvalue weighted by Crippen LogP contribution is -2.45. The number of hydrogen-bond donors (Lipinski definition) is 1. The zero-order chi connectivity index (χ0) is 27.0. The number of hydrogen-bond acceptors (Lipinski definition) is 6. The fourth-order valence-electron chi connectivity index (χ4n) is 4.19. The number of nitrogens with one attached hydrogen (secondary N) is 1. The number of aliphatic imine (C=N–C) groups is 1. The van der Waals surface area contributed by atoms with Crippen LogP contribution < -0.4 is 10.2 Å². The molecule has 12 heteroatoms. The standard InChI is InChI=1S/C25H27F2N3O5S2/c1-25(2,3)35-24(32)28-18(11-15-7-5-4-6-8-15)22(31)29-23-30(19-10-9-16(26)12-17(19)27)20-13-37(33,34)14-21(20)36-23/h4-10,12,18,20-21H,11,13-14H2,1-3H3,(H,28,32)/t18-,20+,21+/m1/s1. The Morgan fingerprint density at radius 3 is 2.51 bits per heavy atom. The summed E-state index contributed by atoms with van der Waals surface area (Å²) in [6, 6.07) is 10.2. The third kappa shape index (κ3) is 6.67. The van der Waals surface area contributed by atoms with Crippen LogP contribution in [0.1, 0.15) is 26.3 Å². The molecule has 0 radical (unpaired) electrons. The molecular formula is C25H27F2N3O5S2. The zero-order valence-electron chi connectivity index (χ0n) is 20.5. The number of amides is 2. The van der Waals surface area contributed by atoms with Crippen LogP contribution in [0.15, 0.2) is 53.5 Å². The first-order chi connectivity index (χ1) is 17.3. The van der Waals surface area contributed by atoms with Gasteiger partial charge in [-0.05, 0) is 38.5 Å². The van der Waals surface area contributed by atoms with Gasteiger partial charge < -0.3 is 15.0 Å². The molecule has 0 spiro atoms. The predicted molar refractivity (Wildman–Crippen MR) is 138 cm³/mol. The molecule has 0 bridgehead atoms. The fraction of sp³-hybridized carbons (Fsp3) is 0.400. The van der Waals surface area contributed by atoms with Crippen LogP contribution in [0, 0.1) is 11.6 Å². The fourth-order valence-corrected chi connectivity index (χ4v) is 8.11. The van der Waals surface area contributed by atoms with E-state index >= 15 is 0 Å². The lowest BCUT2D eigenvalue weighted by atomic mass is 10.1. The summed E-state index contributed by atoms with van der Waals surface area (Å²) >= 11 is 1.05. The lowest BCUT2D eigenvalue weighted by Gasteiger charge is -2.25. The summed E-state index contributed by atoms with van der Waals surface area (Å²) < 4.78 is 58.2. The Morgan fingerprint density at radius 1 is 1.16 bits per heavy atom. The smallest absolute Gasteiger partial charge is 0.408 e. The number of sulfone groups is 1. The Labute approximate surface area is 218 Å². The van der Waals surface area contributed by atoms with E-state index in [2.05, 4.69) is 10.3 Å². The minimum absolute atomic E-state index is 0.0789. The summed E-state index contributed by atoms with van der Waals surface area (Å²) in [7, 11) is -3.38. The summed E-state index contributed by atoms with van der Waals surface area (Å²) in [6.07, 6.45) is -0.683. The van der Waals surface area contributed by atoms with Crippen molar-refractivity contribution in [3.63, 3.8) is 0 Å². The summed E-state index contributed by atoms with van der Waals surface area (Å²) in [5.74, 6) is -2.81. The first-order valence-corrected chi connectivity index (χ1v) is 14.3. The van der Waals surface area contributed by atoms with Gasteiger partial charge >= 0.3 is 6.09 Å². The van der Waals surface area contributed by atoms with Crippen LogP contribution in [-0.2, 0) is 25.8 Å². The minimum atomic E-state index is -3.38. The maximum absolute atomic E-state index is 14.8. The van der Waals surface area contributed by atoms with Crippen molar-refractivity contribution in [2.45, 2.75) is 50.1 Å². The molecule has 0 unspecified atom stereocenters. The SMILES string of the molecule is CC(C)(C)OC(=O)N[C@H](Cc1ccccc1)C(=O)N=C1S[C@H]2CS(=O)(=O)C[C@@H]2N1c1ccc(F)cc1F. The van der Waals surface area contributed by atoms with Gasteiger partial charge in [0.25, 0.3) is 5.91 Å². The van der Waals surface area contributed by atoms with Crippen LogP contribution in [0.2, 0.25) is 0 Å². The van der Waals surface area contributed by atoms with Gasteiger partial charge in [-0.2, -0.15) is 4.99 Å². The van der Waals surface area contributed by atoms with Crippen molar-refractivity contribution < 1.29 is 31.5 Å². The van der Waals surface area contributed by atoms with Crippen molar-refractivity contribution in [2.75, 3.05) is 16.4 Å². The van der Waals surface area contributed by atoms with Gasteiger partial charge in [0.1, 0.15) is 23.3 Å². The van der Waals surface area contributed by atoms with E-state index in [0.29, 0.717) is 6.07 Å². The molecule has 2 aromatic carbocycles. The third-order valence-corrected chi connectivity index (χ3v) is 8.92. The Bertz CT molecular complexity index is 1330. The Hall–Kier alpha value is -2.99. The number of halogens is 2. The molecule has 0 saturated carbocycles. The predicted octanol–water partition coefficient (Wildman–Crippen LogP) is 3.70. The van der Waals surface area contributed by atoms with Gasteiger partial charge in [0.15, 0.2) is 15.0 Å². The van der Waals surface area contributed by atoms with Crippen LogP contribution in [0.25, 0.3) is 0 Å². The van der Waals surface area contributed by atoms with Crippen LogP contribution >= 0.6 is 11.8 Å². The van der Waals surface area contributed by atoms with E-state index in [-0.39, 0.29) is 28.8 Å². The second-order valence-electron chi connectivity index (χ2n) is 9.89. The largest absolute Gasteiger partial charge is 0.444 e. The van der Waals surface area contributed by atoms with Crippen LogP contribution in [0.5, 0.6) is 0 Å². The number of ether oxygens (including phenoxy) is 1. The van der Waals surface area contributed by atoms with E-state index < -0.39 is 56.4 Å². The van der Waals surface area contributed by atoms with Crippen molar-refractivity contribution in [1.29, 1.82) is 0 Å². The number of anilines is 1. The van der Waals surface area contributed by atoms with Gasteiger partial charge in [0.05, 0.1) is 23.2 Å². The maximum atomic E-state index is 14.8. The molecule has 2 aliphatic rings. The van der Waals surface area contributed by atoms with E-state index in [1.54, 1.807) is 45.0 Å². The number of carbonyl (C=O) groups is 2. The number of fused-ring (bicyclic) bond motifs is 1. The number of nitrogens with zero attached hydrogens (tertiary/aromatic N) is 2. The molecular weight excluding hydrogens is 524 g/mol. The van der Waals surface area contributed by atoms with E-state index in [0.717, 1.165) is 23.4 Å². The molecule has 2 heterocycles. The molecule has 2 saturated heterocycles. The van der Waals surface area contributed by atoms with E-state index in [4.69, 9.17) is 4.74 Å². The normalized spacial score (nSPS) is 22.5. The number of rotatable bonds is 5. The number of thioether (sulfide) groups is 1. The van der Waals surface area contributed by atoms with Crippen LogP contribution in [-0.4, -0.2) is 60.0 Å². The molecule has 0 aliphatic carbocycles. The first kappa shape index (κ1) is 27.1. The van der Waals surface area contributed by atoms with Gasteiger partial charge in [-0.25, -0.2) is 22.0 Å². The highest BCUT2D eigenvalue weighted by atomic mass is 32.2. The summed E-state index contributed by atoms with van der Waals surface area (Å²) in [5.41, 5.74) is -0.109. The van der Waals surface area contributed by atoms with E-state index in [1.807, 2.05) is 6.07 Å². The summed E-state index contributed by atoms with van der Waals surface area (Å²) in [6.45, 7) is 5.08. The van der Waals surface area contributed by atoms with Gasteiger partial charge in [-0.1, -0.05) is 42.1 Å². The number of carbonyl (C=O) groups excluding carboxylic acids is 2. The summed E-state index contributed by atoms with van der Waals surface area (Å²) in [5, 5.41) is 2.18. The average molecular weight is 552 g/mol. The van der Waals surface area contributed by atoms with Crippen molar-refractivity contribution >= 4 is 44.5 Å². The second-order valence-corrected chi connectivity index (χ2v) is 13.2. The Morgan fingerprint density at radius 2 is 1.86 bits per heavy atom. The van der Waals surface area contributed by atoms with E-state index in [1.165, 1.54) is 11.0 Å². The van der Waals surface area contributed by atoms with Gasteiger partial charge in [-0.3, -0.25) is 4.79 Å². The quantitative estimate of drug-likeness (QED) is 0.604. The highest BCUT2D eigenvalue weighted by molar-refractivity contribution is 8.16. The maximum Gasteiger partial charge on any atom is 0.408 e. The van der Waals surface area contributed by atoms with Gasteiger partial charge in [0.2, 0.25) is 0 Å². The summed E-state index contributed by atoms with van der Waals surface area (Å²) in [4.78, 5) is 31.5. The molecule has 2 aromatic rings. The molecule has 2 fully saturated rings. The molecule has 198 valence electrons. The number of benzene rings is 2. The van der Waals surface area contributed by atoms with Crippen molar-refractivity contribution in [2.24, 2.45) is 4.99 Å². The monoisotopic (exact) mass is 551 g/mol. The van der Waals surface area contributed by atoms with Gasteiger partial charge in [-0.15, -0.1) is 0 Å². The van der Waals surface area contributed by atoms with Crippen molar-refractivity contribution in [1.82, 2.24) is 5.32 Å². The van der Waals surface area contributed by atoms with Crippen LogP contribution in [0.3, 0.4) is 0 Å². The Balaban J connectivity index is 1.67. The first-order valence-electron chi connectivity index (χ1n) is 11.6. The molecule has 2 aliphatic heterocycles. The molecule has 0 aromatic heterocycles. The molecule has 1 N–H and O–H groups in total. The Kier molecular flexibility index (Phi) is 7.61. The lowest BCUT2D eigenvalue weighted by molar-refractivity contribution is -0.119. The molecule has 3 atom stereocenters. The zero-order valence-corrected chi connectivity index (χ0v) is 22.1. The molecule has 37 heavy (non-hydrogen) atoms. The number of alkyl carbamates (subject to hydrolysis) is 1. The van der Waals surface area contributed by atoms with Crippen molar-refractivity contribution in [3.8, 4) is 0 Å². The molecule has 8 nitrogen and oxygen atoms in total. The molecule has 4 rings (SSSR count). The topological polar surface area (TPSA) is 105 Å².